The molecular weight excluding hydrogens is 396 g/mol. The van der Waals surface area contributed by atoms with Gasteiger partial charge in [0, 0.05) is 25.7 Å². The Kier molecular flexibility index (Phi) is 6.49. The molecule has 1 saturated heterocycles. The minimum absolute atomic E-state index is 0.0844. The average molecular weight is 425 g/mol. The number of amides is 1. The number of ether oxygens (including phenoxy) is 2. The van der Waals surface area contributed by atoms with Gasteiger partial charge in [-0.05, 0) is 30.5 Å². The van der Waals surface area contributed by atoms with Gasteiger partial charge in [0.1, 0.15) is 30.2 Å². The lowest BCUT2D eigenvalue weighted by molar-refractivity contribution is -0.121. The Bertz CT molecular complexity index is 1020. The minimum atomic E-state index is -0.151. The van der Waals surface area contributed by atoms with Gasteiger partial charge in [0.25, 0.3) is 0 Å². The molecule has 9 heteroatoms. The fourth-order valence-corrected chi connectivity index (χ4v) is 3.89. The highest BCUT2D eigenvalue weighted by molar-refractivity contribution is 5.87. The van der Waals surface area contributed by atoms with Crippen molar-refractivity contribution in [3.8, 4) is 11.5 Å². The SMILES string of the molecule is COc1cc(CNC(=O)Cn2ncc3c(N4CCCCCC4)ncnc32)cc(OC)c1. The molecule has 3 heterocycles. The van der Waals surface area contributed by atoms with Crippen molar-refractivity contribution in [2.75, 3.05) is 32.2 Å². The number of hydrogen-bond acceptors (Lipinski definition) is 7. The van der Waals surface area contributed by atoms with Gasteiger partial charge in [0.15, 0.2) is 5.65 Å². The van der Waals surface area contributed by atoms with Crippen molar-refractivity contribution in [1.29, 1.82) is 0 Å². The zero-order valence-electron chi connectivity index (χ0n) is 18.0. The van der Waals surface area contributed by atoms with Crippen molar-refractivity contribution in [2.24, 2.45) is 0 Å². The van der Waals surface area contributed by atoms with Crippen molar-refractivity contribution in [1.82, 2.24) is 25.1 Å². The Hall–Kier alpha value is -3.36. The van der Waals surface area contributed by atoms with Crippen LogP contribution in [0.5, 0.6) is 11.5 Å². The second kappa shape index (κ2) is 9.63. The molecule has 0 spiro atoms. The second-order valence-corrected chi connectivity index (χ2v) is 7.64. The van der Waals surface area contributed by atoms with Gasteiger partial charge in [-0.25, -0.2) is 14.6 Å². The lowest BCUT2D eigenvalue weighted by Crippen LogP contribution is -2.28. The summed E-state index contributed by atoms with van der Waals surface area (Å²) in [6.07, 6.45) is 8.15. The van der Waals surface area contributed by atoms with E-state index in [9.17, 15) is 4.79 Å². The molecule has 1 N–H and O–H groups in total. The predicted octanol–water partition coefficient (Wildman–Crippen LogP) is 2.54. The van der Waals surface area contributed by atoms with Gasteiger partial charge in [-0.1, -0.05) is 12.8 Å². The van der Waals surface area contributed by atoms with E-state index in [0.29, 0.717) is 23.7 Å². The number of fused-ring (bicyclic) bond motifs is 1. The normalized spacial score (nSPS) is 14.3. The fraction of sp³-hybridized carbons (Fsp3) is 0.455. The number of anilines is 1. The largest absolute Gasteiger partial charge is 0.497 e. The Morgan fingerprint density at radius 2 is 1.74 bits per heavy atom. The molecule has 1 fully saturated rings. The molecule has 1 aliphatic rings. The maximum atomic E-state index is 12.6. The van der Waals surface area contributed by atoms with E-state index in [1.165, 1.54) is 12.8 Å². The molecule has 1 amide bonds. The molecule has 1 aromatic carbocycles. The number of nitrogens with zero attached hydrogens (tertiary/aromatic N) is 5. The van der Waals surface area contributed by atoms with Gasteiger partial charge in [-0.15, -0.1) is 0 Å². The third-order valence-corrected chi connectivity index (χ3v) is 5.51. The summed E-state index contributed by atoms with van der Waals surface area (Å²) < 4.78 is 12.2. The van der Waals surface area contributed by atoms with Gasteiger partial charge in [-0.2, -0.15) is 5.10 Å². The molecule has 3 aromatic rings. The molecule has 0 unspecified atom stereocenters. The van der Waals surface area contributed by atoms with Crippen LogP contribution in [0, 0.1) is 0 Å². The molecule has 31 heavy (non-hydrogen) atoms. The van der Waals surface area contributed by atoms with Gasteiger partial charge >= 0.3 is 0 Å². The maximum Gasteiger partial charge on any atom is 0.242 e. The molecule has 0 saturated carbocycles. The topological polar surface area (TPSA) is 94.4 Å². The minimum Gasteiger partial charge on any atom is -0.497 e. The van der Waals surface area contributed by atoms with Crippen LogP contribution >= 0.6 is 0 Å². The van der Waals surface area contributed by atoms with Crippen LogP contribution in [0.25, 0.3) is 11.0 Å². The molecule has 9 nitrogen and oxygen atoms in total. The van der Waals surface area contributed by atoms with Crippen LogP contribution in [0.15, 0.2) is 30.7 Å². The van der Waals surface area contributed by atoms with Crippen LogP contribution in [0.1, 0.15) is 31.2 Å². The van der Waals surface area contributed by atoms with E-state index in [1.807, 2.05) is 12.1 Å². The molecule has 0 aliphatic carbocycles. The van der Waals surface area contributed by atoms with E-state index in [1.54, 1.807) is 37.5 Å². The molecule has 0 radical (unpaired) electrons. The Morgan fingerprint density at radius 3 is 2.42 bits per heavy atom. The Labute approximate surface area is 181 Å². The molecule has 4 rings (SSSR count). The lowest BCUT2D eigenvalue weighted by atomic mass is 10.2. The molecule has 1 aliphatic heterocycles. The van der Waals surface area contributed by atoms with E-state index in [4.69, 9.17) is 9.47 Å². The quantitative estimate of drug-likeness (QED) is 0.623. The molecule has 0 atom stereocenters. The second-order valence-electron chi connectivity index (χ2n) is 7.64. The first-order valence-corrected chi connectivity index (χ1v) is 10.6. The monoisotopic (exact) mass is 424 g/mol. The first-order chi connectivity index (χ1) is 15.2. The third-order valence-electron chi connectivity index (χ3n) is 5.51. The van der Waals surface area contributed by atoms with Gasteiger partial charge in [0.05, 0.1) is 25.8 Å². The van der Waals surface area contributed by atoms with Gasteiger partial charge in [-0.3, -0.25) is 4.79 Å². The van der Waals surface area contributed by atoms with Crippen LogP contribution in [-0.4, -0.2) is 53.0 Å². The van der Waals surface area contributed by atoms with E-state index >= 15 is 0 Å². The molecular formula is C22H28N6O3. The summed E-state index contributed by atoms with van der Waals surface area (Å²) in [5.74, 6) is 2.11. The summed E-state index contributed by atoms with van der Waals surface area (Å²) >= 11 is 0. The summed E-state index contributed by atoms with van der Waals surface area (Å²) in [4.78, 5) is 23.8. The van der Waals surface area contributed by atoms with E-state index in [2.05, 4.69) is 25.3 Å². The number of nitrogens with one attached hydrogen (secondary N) is 1. The predicted molar refractivity (Wildman–Crippen MR) is 117 cm³/mol. The van der Waals surface area contributed by atoms with Crippen molar-refractivity contribution in [3.05, 3.63) is 36.3 Å². The molecule has 2 aromatic heterocycles. The van der Waals surface area contributed by atoms with Crippen molar-refractivity contribution >= 4 is 22.8 Å². The highest BCUT2D eigenvalue weighted by atomic mass is 16.5. The smallest absolute Gasteiger partial charge is 0.242 e. The first-order valence-electron chi connectivity index (χ1n) is 10.6. The Balaban J connectivity index is 1.45. The highest BCUT2D eigenvalue weighted by Crippen LogP contribution is 2.25. The summed E-state index contributed by atoms with van der Waals surface area (Å²) in [5.41, 5.74) is 1.56. The lowest BCUT2D eigenvalue weighted by Gasteiger charge is -2.21. The first kappa shape index (κ1) is 20.9. The summed E-state index contributed by atoms with van der Waals surface area (Å²) in [5, 5.41) is 8.22. The van der Waals surface area contributed by atoms with Crippen LogP contribution in [0.4, 0.5) is 5.82 Å². The summed E-state index contributed by atoms with van der Waals surface area (Å²) in [7, 11) is 3.20. The van der Waals surface area contributed by atoms with Crippen LogP contribution in [0.2, 0.25) is 0 Å². The van der Waals surface area contributed by atoms with Crippen molar-refractivity contribution < 1.29 is 14.3 Å². The van der Waals surface area contributed by atoms with Gasteiger partial charge in [0.2, 0.25) is 5.91 Å². The van der Waals surface area contributed by atoms with Crippen LogP contribution < -0.4 is 19.7 Å². The van der Waals surface area contributed by atoms with E-state index in [0.717, 1.165) is 42.7 Å². The number of carbonyl (C=O) groups excluding carboxylic acids is 1. The summed E-state index contributed by atoms with van der Waals surface area (Å²) in [6.45, 7) is 2.42. The number of aromatic nitrogens is 4. The molecule has 0 bridgehead atoms. The number of rotatable bonds is 7. The number of methoxy groups -OCH3 is 2. The average Bonchev–Trinajstić information content (AvgIpc) is 3.02. The zero-order chi connectivity index (χ0) is 21.6. The van der Waals surface area contributed by atoms with Crippen LogP contribution in [0.3, 0.4) is 0 Å². The highest BCUT2D eigenvalue weighted by Gasteiger charge is 2.18. The fourth-order valence-electron chi connectivity index (χ4n) is 3.89. The third kappa shape index (κ3) is 4.87. The maximum absolute atomic E-state index is 12.6. The van der Waals surface area contributed by atoms with E-state index < -0.39 is 0 Å². The molecule has 164 valence electrons. The zero-order valence-corrected chi connectivity index (χ0v) is 18.0. The van der Waals surface area contributed by atoms with Crippen LogP contribution in [-0.2, 0) is 17.9 Å². The number of carbonyl (C=O) groups is 1. The standard InChI is InChI=1S/C22H28N6O3/c1-30-17-9-16(10-18(11-17)31-2)12-23-20(29)14-28-22-19(13-26-28)21(24-15-25-22)27-7-5-3-4-6-8-27/h9-11,13,15H,3-8,12,14H2,1-2H3,(H,23,29). The number of hydrogen-bond donors (Lipinski definition) is 1. The Morgan fingerprint density at radius 1 is 1.03 bits per heavy atom. The van der Waals surface area contributed by atoms with Crippen molar-refractivity contribution in [3.63, 3.8) is 0 Å². The van der Waals surface area contributed by atoms with E-state index in [-0.39, 0.29) is 12.5 Å². The van der Waals surface area contributed by atoms with Crippen molar-refractivity contribution in [2.45, 2.75) is 38.8 Å². The van der Waals surface area contributed by atoms with Gasteiger partial charge < -0.3 is 19.7 Å². The number of benzene rings is 1. The summed E-state index contributed by atoms with van der Waals surface area (Å²) in [6, 6.07) is 5.53.